The SMILES string of the molecule is N#CCCCCNC=O. The smallest absolute Gasteiger partial charge is 0.207 e. The van der Waals surface area contributed by atoms with Gasteiger partial charge in [0.2, 0.25) is 6.41 Å². The predicted molar refractivity (Wildman–Crippen MR) is 33.5 cm³/mol. The predicted octanol–water partition coefficient (Wildman–Crippen LogP) is 0.426. The molecule has 1 amide bonds. The molecule has 0 saturated heterocycles. The van der Waals surface area contributed by atoms with Crippen LogP contribution in [0.2, 0.25) is 0 Å². The summed E-state index contributed by atoms with van der Waals surface area (Å²) in [5.41, 5.74) is 0. The van der Waals surface area contributed by atoms with Crippen molar-refractivity contribution in [2.75, 3.05) is 6.54 Å². The molecule has 0 aliphatic rings. The minimum absolute atomic E-state index is 0.584. The first kappa shape index (κ1) is 7.96. The van der Waals surface area contributed by atoms with E-state index in [9.17, 15) is 4.79 Å². The lowest BCUT2D eigenvalue weighted by Crippen LogP contribution is -2.11. The van der Waals surface area contributed by atoms with Gasteiger partial charge in [-0.15, -0.1) is 0 Å². The molecular formula is C6H10N2O. The Labute approximate surface area is 54.7 Å². The number of nitriles is 1. The molecule has 1 N–H and O–H groups in total. The average Bonchev–Trinajstić information content (AvgIpc) is 1.89. The molecule has 0 aromatic heterocycles. The van der Waals surface area contributed by atoms with Crippen molar-refractivity contribution in [2.45, 2.75) is 19.3 Å². The summed E-state index contributed by atoms with van der Waals surface area (Å²) in [5.74, 6) is 0. The Morgan fingerprint density at radius 1 is 1.56 bits per heavy atom. The van der Waals surface area contributed by atoms with Crippen molar-refractivity contribution in [3.8, 4) is 6.07 Å². The van der Waals surface area contributed by atoms with Crippen LogP contribution in [0.5, 0.6) is 0 Å². The minimum atomic E-state index is 0.584. The van der Waals surface area contributed by atoms with E-state index in [0.29, 0.717) is 19.4 Å². The quantitative estimate of drug-likeness (QED) is 0.429. The highest BCUT2D eigenvalue weighted by Gasteiger charge is 1.84. The monoisotopic (exact) mass is 126 g/mol. The number of amides is 1. The lowest BCUT2D eigenvalue weighted by molar-refractivity contribution is -0.109. The lowest BCUT2D eigenvalue weighted by Gasteiger charge is -1.92. The van der Waals surface area contributed by atoms with Crippen LogP contribution in [-0.2, 0) is 4.79 Å². The second-order valence-electron chi connectivity index (χ2n) is 1.69. The van der Waals surface area contributed by atoms with Crippen LogP contribution < -0.4 is 5.32 Å². The van der Waals surface area contributed by atoms with Gasteiger partial charge >= 0.3 is 0 Å². The molecule has 0 fully saturated rings. The van der Waals surface area contributed by atoms with Gasteiger partial charge in [-0.3, -0.25) is 4.79 Å². The summed E-state index contributed by atoms with van der Waals surface area (Å²) in [4.78, 5) is 9.66. The molecule has 0 aromatic carbocycles. The van der Waals surface area contributed by atoms with Crippen LogP contribution in [-0.4, -0.2) is 13.0 Å². The first-order chi connectivity index (χ1) is 4.41. The van der Waals surface area contributed by atoms with E-state index in [4.69, 9.17) is 5.26 Å². The summed E-state index contributed by atoms with van der Waals surface area (Å²) in [5, 5.41) is 10.6. The molecule has 3 nitrogen and oxygen atoms in total. The topological polar surface area (TPSA) is 52.9 Å². The zero-order valence-electron chi connectivity index (χ0n) is 5.26. The van der Waals surface area contributed by atoms with Crippen molar-refractivity contribution >= 4 is 6.41 Å². The first-order valence-corrected chi connectivity index (χ1v) is 2.96. The Kier molecular flexibility index (Phi) is 6.16. The molecule has 0 atom stereocenters. The zero-order chi connectivity index (χ0) is 6.95. The summed E-state index contributed by atoms with van der Waals surface area (Å²) in [6, 6.07) is 2.03. The molecule has 0 rings (SSSR count). The van der Waals surface area contributed by atoms with Crippen LogP contribution in [0.1, 0.15) is 19.3 Å². The summed E-state index contributed by atoms with van der Waals surface area (Å²) >= 11 is 0. The third-order valence-corrected chi connectivity index (χ3v) is 0.943. The van der Waals surface area contributed by atoms with Crippen molar-refractivity contribution < 1.29 is 4.79 Å². The van der Waals surface area contributed by atoms with E-state index in [2.05, 4.69) is 5.32 Å². The van der Waals surface area contributed by atoms with Gasteiger partial charge in [0.25, 0.3) is 0 Å². The number of carbonyl (C=O) groups is 1. The van der Waals surface area contributed by atoms with Gasteiger partial charge in [0.05, 0.1) is 6.07 Å². The third-order valence-electron chi connectivity index (χ3n) is 0.943. The molecule has 3 heteroatoms. The van der Waals surface area contributed by atoms with Gasteiger partial charge in [-0.05, 0) is 12.8 Å². The number of rotatable bonds is 5. The number of carbonyl (C=O) groups excluding carboxylic acids is 1. The molecule has 0 aliphatic carbocycles. The molecule has 0 aromatic rings. The number of nitrogens with zero attached hydrogens (tertiary/aromatic N) is 1. The minimum Gasteiger partial charge on any atom is -0.359 e. The second-order valence-corrected chi connectivity index (χ2v) is 1.69. The maximum Gasteiger partial charge on any atom is 0.207 e. The van der Waals surface area contributed by atoms with Crippen LogP contribution in [0.15, 0.2) is 0 Å². The lowest BCUT2D eigenvalue weighted by atomic mass is 10.2. The van der Waals surface area contributed by atoms with Crippen LogP contribution in [0.25, 0.3) is 0 Å². The van der Waals surface area contributed by atoms with Crippen molar-refractivity contribution in [3.63, 3.8) is 0 Å². The van der Waals surface area contributed by atoms with Crippen LogP contribution >= 0.6 is 0 Å². The first-order valence-electron chi connectivity index (χ1n) is 2.96. The van der Waals surface area contributed by atoms with Gasteiger partial charge < -0.3 is 5.32 Å². The van der Waals surface area contributed by atoms with E-state index in [1.165, 1.54) is 0 Å². The molecule has 0 saturated carbocycles. The van der Waals surface area contributed by atoms with E-state index in [-0.39, 0.29) is 0 Å². The number of nitrogens with one attached hydrogen (secondary N) is 1. The fourth-order valence-corrected chi connectivity index (χ4v) is 0.490. The Morgan fingerprint density at radius 3 is 2.89 bits per heavy atom. The molecule has 0 unspecified atom stereocenters. The van der Waals surface area contributed by atoms with E-state index in [1.807, 2.05) is 6.07 Å². The van der Waals surface area contributed by atoms with Gasteiger partial charge in [-0.25, -0.2) is 0 Å². The summed E-state index contributed by atoms with van der Waals surface area (Å²) in [7, 11) is 0. The van der Waals surface area contributed by atoms with Crippen molar-refractivity contribution in [1.82, 2.24) is 5.32 Å². The molecule has 50 valence electrons. The van der Waals surface area contributed by atoms with Crippen molar-refractivity contribution in [3.05, 3.63) is 0 Å². The van der Waals surface area contributed by atoms with Crippen molar-refractivity contribution in [2.24, 2.45) is 0 Å². The summed E-state index contributed by atoms with van der Waals surface area (Å²) < 4.78 is 0. The Hall–Kier alpha value is -1.04. The third kappa shape index (κ3) is 6.96. The summed E-state index contributed by atoms with van der Waals surface area (Å²) in [6.45, 7) is 0.686. The van der Waals surface area contributed by atoms with Crippen LogP contribution in [0.4, 0.5) is 0 Å². The standard InChI is InChI=1S/C6H10N2O/c7-4-2-1-3-5-8-6-9/h6H,1-3,5H2,(H,8,9). The molecule has 0 aliphatic heterocycles. The van der Waals surface area contributed by atoms with Gasteiger partial charge in [-0.2, -0.15) is 5.26 Å². The molecule has 0 radical (unpaired) electrons. The Balaban J connectivity index is 2.76. The largest absolute Gasteiger partial charge is 0.359 e. The molecular weight excluding hydrogens is 116 g/mol. The van der Waals surface area contributed by atoms with E-state index < -0.39 is 0 Å². The molecule has 0 heterocycles. The van der Waals surface area contributed by atoms with Gasteiger partial charge in [0.1, 0.15) is 0 Å². The van der Waals surface area contributed by atoms with E-state index in [0.717, 1.165) is 12.8 Å². The van der Waals surface area contributed by atoms with E-state index >= 15 is 0 Å². The number of unbranched alkanes of at least 4 members (excludes halogenated alkanes) is 2. The fraction of sp³-hybridized carbons (Fsp3) is 0.667. The molecule has 0 bridgehead atoms. The number of hydrogen-bond donors (Lipinski definition) is 1. The highest BCUT2D eigenvalue weighted by atomic mass is 16.1. The van der Waals surface area contributed by atoms with E-state index in [1.54, 1.807) is 0 Å². The number of hydrogen-bond acceptors (Lipinski definition) is 2. The van der Waals surface area contributed by atoms with Crippen LogP contribution in [0, 0.1) is 11.3 Å². The summed E-state index contributed by atoms with van der Waals surface area (Å²) in [6.07, 6.45) is 3.02. The molecule has 9 heavy (non-hydrogen) atoms. The highest BCUT2D eigenvalue weighted by Crippen LogP contribution is 1.89. The second kappa shape index (κ2) is 6.96. The average molecular weight is 126 g/mol. The van der Waals surface area contributed by atoms with Gasteiger partial charge in [0, 0.05) is 13.0 Å². The van der Waals surface area contributed by atoms with Crippen LogP contribution in [0.3, 0.4) is 0 Å². The Morgan fingerprint density at radius 2 is 2.33 bits per heavy atom. The highest BCUT2D eigenvalue weighted by molar-refractivity contribution is 5.45. The zero-order valence-corrected chi connectivity index (χ0v) is 5.26. The van der Waals surface area contributed by atoms with Gasteiger partial charge in [0.15, 0.2) is 0 Å². The maximum absolute atomic E-state index is 9.66. The normalized spacial score (nSPS) is 7.89. The Bertz CT molecular complexity index is 106. The van der Waals surface area contributed by atoms with Gasteiger partial charge in [-0.1, -0.05) is 0 Å². The maximum atomic E-state index is 9.66. The molecule has 0 spiro atoms. The fourth-order valence-electron chi connectivity index (χ4n) is 0.490. The van der Waals surface area contributed by atoms with Crippen molar-refractivity contribution in [1.29, 1.82) is 5.26 Å².